The molecule has 2 N–H and O–H groups in total. The van der Waals surface area contributed by atoms with Crippen molar-refractivity contribution < 1.29 is 14.3 Å². The normalized spacial score (nSPS) is 11.8. The van der Waals surface area contributed by atoms with Gasteiger partial charge in [-0.15, -0.1) is 0 Å². The van der Waals surface area contributed by atoms with Crippen molar-refractivity contribution in [2.24, 2.45) is 5.73 Å². The molecule has 0 aromatic rings. The van der Waals surface area contributed by atoms with Crippen molar-refractivity contribution in [2.75, 3.05) is 6.61 Å². The van der Waals surface area contributed by atoms with Gasteiger partial charge in [0.2, 0.25) is 5.24 Å². The van der Waals surface area contributed by atoms with Crippen LogP contribution in [-0.4, -0.2) is 23.9 Å². The number of carbonyl (C=O) groups excluding carboxylic acids is 2. The predicted molar refractivity (Wildman–Crippen MR) is 40.0 cm³/mol. The van der Waals surface area contributed by atoms with Crippen molar-refractivity contribution >= 4 is 22.8 Å². The van der Waals surface area contributed by atoms with E-state index in [0.29, 0.717) is 0 Å². The molecule has 5 heteroatoms. The first-order valence-electron chi connectivity index (χ1n) is 2.82. The van der Waals surface area contributed by atoms with E-state index in [2.05, 4.69) is 11.3 Å². The summed E-state index contributed by atoms with van der Waals surface area (Å²) in [6.45, 7) is 3.33. The fourth-order valence-corrected chi connectivity index (χ4v) is 0.413. The van der Waals surface area contributed by atoms with Gasteiger partial charge in [0.1, 0.15) is 6.61 Å². The summed E-state index contributed by atoms with van der Waals surface area (Å²) in [4.78, 5) is 20.9. The van der Waals surface area contributed by atoms with E-state index in [0.717, 1.165) is 0 Å². The molecule has 1 unspecified atom stereocenters. The zero-order valence-corrected chi connectivity index (χ0v) is 6.50. The molecule has 0 rings (SSSR count). The minimum atomic E-state index is -1.39. The van der Waals surface area contributed by atoms with E-state index in [1.54, 1.807) is 0 Å². The van der Waals surface area contributed by atoms with Gasteiger partial charge in [-0.1, -0.05) is 12.7 Å². The standard InChI is InChI=1S/C6H8ClNO3/c1-2-3-11-6(10)4(8)5(7)9/h2,4H,1,3,8H2. The second kappa shape index (κ2) is 4.87. The van der Waals surface area contributed by atoms with E-state index in [9.17, 15) is 9.59 Å². The fourth-order valence-electron chi connectivity index (χ4n) is 0.323. The van der Waals surface area contributed by atoms with Gasteiger partial charge in [-0.2, -0.15) is 0 Å². The molecule has 0 fully saturated rings. The number of nitrogens with two attached hydrogens (primary N) is 1. The Bertz CT molecular complexity index is 181. The number of hydrogen-bond acceptors (Lipinski definition) is 4. The molecule has 0 saturated heterocycles. The lowest BCUT2D eigenvalue weighted by molar-refractivity contribution is -0.145. The molecule has 0 radical (unpaired) electrons. The van der Waals surface area contributed by atoms with Crippen LogP contribution in [0.3, 0.4) is 0 Å². The van der Waals surface area contributed by atoms with Crippen LogP contribution in [0.2, 0.25) is 0 Å². The number of ether oxygens (including phenoxy) is 1. The Balaban J connectivity index is 3.82. The maximum Gasteiger partial charge on any atom is 0.332 e. The molecule has 11 heavy (non-hydrogen) atoms. The highest BCUT2D eigenvalue weighted by atomic mass is 35.5. The van der Waals surface area contributed by atoms with Crippen LogP contribution in [-0.2, 0) is 14.3 Å². The molecular formula is C6H8ClNO3. The summed E-state index contributed by atoms with van der Waals surface area (Å²) in [5.41, 5.74) is 5.01. The first-order chi connectivity index (χ1) is 5.09. The monoisotopic (exact) mass is 177 g/mol. The smallest absolute Gasteiger partial charge is 0.332 e. The molecule has 0 heterocycles. The van der Waals surface area contributed by atoms with Crippen molar-refractivity contribution in [1.29, 1.82) is 0 Å². The van der Waals surface area contributed by atoms with Gasteiger partial charge in [-0.25, -0.2) is 4.79 Å². The zero-order valence-electron chi connectivity index (χ0n) is 5.75. The number of carbonyl (C=O) groups is 2. The van der Waals surface area contributed by atoms with Crippen molar-refractivity contribution in [1.82, 2.24) is 0 Å². The Kier molecular flexibility index (Phi) is 4.49. The summed E-state index contributed by atoms with van der Waals surface area (Å²) in [6, 6.07) is -1.39. The predicted octanol–water partition coefficient (Wildman–Crippen LogP) is -0.192. The van der Waals surface area contributed by atoms with Gasteiger partial charge in [-0.3, -0.25) is 4.79 Å². The summed E-state index contributed by atoms with van der Waals surface area (Å²) in [5, 5.41) is -0.931. The van der Waals surface area contributed by atoms with E-state index in [4.69, 9.17) is 17.3 Å². The second-order valence-electron chi connectivity index (χ2n) is 1.70. The van der Waals surface area contributed by atoms with Gasteiger partial charge in [0.05, 0.1) is 0 Å². The zero-order chi connectivity index (χ0) is 8.85. The van der Waals surface area contributed by atoms with Crippen LogP contribution >= 0.6 is 11.6 Å². The van der Waals surface area contributed by atoms with Crippen molar-refractivity contribution in [3.05, 3.63) is 12.7 Å². The third kappa shape index (κ3) is 3.75. The van der Waals surface area contributed by atoms with Crippen LogP contribution in [0, 0.1) is 0 Å². The van der Waals surface area contributed by atoms with Crippen LogP contribution in [0.15, 0.2) is 12.7 Å². The summed E-state index contributed by atoms with van der Waals surface area (Å²) >= 11 is 4.91. The first kappa shape index (κ1) is 10.1. The van der Waals surface area contributed by atoms with E-state index in [1.807, 2.05) is 0 Å². The number of hydrogen-bond donors (Lipinski definition) is 1. The average Bonchev–Trinajstić information content (AvgIpc) is 1.98. The fraction of sp³-hybridized carbons (Fsp3) is 0.333. The molecule has 0 bridgehead atoms. The van der Waals surface area contributed by atoms with Gasteiger partial charge in [0, 0.05) is 0 Å². The Hall–Kier alpha value is -0.870. The Morgan fingerprint density at radius 3 is 2.64 bits per heavy atom. The molecule has 1 atom stereocenters. The molecule has 0 aliphatic carbocycles. The molecule has 0 spiro atoms. The summed E-state index contributed by atoms with van der Waals surface area (Å²) in [6.07, 6.45) is 1.36. The molecule has 62 valence electrons. The summed E-state index contributed by atoms with van der Waals surface area (Å²) in [7, 11) is 0. The van der Waals surface area contributed by atoms with Crippen molar-refractivity contribution in [3.8, 4) is 0 Å². The number of esters is 1. The maximum atomic E-state index is 10.6. The molecule has 4 nitrogen and oxygen atoms in total. The molecule has 0 aliphatic heterocycles. The molecule has 0 aliphatic rings. The summed E-state index contributed by atoms with van der Waals surface area (Å²) < 4.78 is 4.43. The third-order valence-corrected chi connectivity index (χ3v) is 1.08. The SMILES string of the molecule is C=CCOC(=O)C(N)C(=O)Cl. The molecule has 0 saturated carbocycles. The van der Waals surface area contributed by atoms with Crippen LogP contribution in [0.5, 0.6) is 0 Å². The van der Waals surface area contributed by atoms with Crippen LogP contribution < -0.4 is 5.73 Å². The lowest BCUT2D eigenvalue weighted by atomic mass is 10.3. The molecule has 0 aromatic heterocycles. The minimum Gasteiger partial charge on any atom is -0.460 e. The highest BCUT2D eigenvalue weighted by Crippen LogP contribution is 1.91. The topological polar surface area (TPSA) is 69.4 Å². The average molecular weight is 178 g/mol. The first-order valence-corrected chi connectivity index (χ1v) is 3.20. The number of rotatable bonds is 4. The second-order valence-corrected chi connectivity index (χ2v) is 2.07. The van der Waals surface area contributed by atoms with E-state index in [-0.39, 0.29) is 6.61 Å². The third-order valence-electron chi connectivity index (χ3n) is 0.842. The minimum absolute atomic E-state index is 0.0245. The summed E-state index contributed by atoms with van der Waals surface area (Å²) in [5.74, 6) is -0.843. The van der Waals surface area contributed by atoms with Crippen LogP contribution in [0.25, 0.3) is 0 Å². The Morgan fingerprint density at radius 2 is 2.27 bits per heavy atom. The van der Waals surface area contributed by atoms with Gasteiger partial charge >= 0.3 is 5.97 Å². The Labute approximate surface area is 69.0 Å². The molecule has 0 amide bonds. The van der Waals surface area contributed by atoms with Gasteiger partial charge in [0.25, 0.3) is 0 Å². The lowest BCUT2D eigenvalue weighted by Gasteiger charge is -2.04. The van der Waals surface area contributed by atoms with Gasteiger partial charge in [-0.05, 0) is 11.6 Å². The highest BCUT2D eigenvalue weighted by molar-refractivity contribution is 6.66. The molecule has 0 aromatic carbocycles. The van der Waals surface area contributed by atoms with Gasteiger partial charge in [0.15, 0.2) is 6.04 Å². The van der Waals surface area contributed by atoms with Gasteiger partial charge < -0.3 is 10.5 Å². The molecular weight excluding hydrogens is 170 g/mol. The lowest BCUT2D eigenvalue weighted by Crippen LogP contribution is -2.37. The van der Waals surface area contributed by atoms with Crippen molar-refractivity contribution in [2.45, 2.75) is 6.04 Å². The van der Waals surface area contributed by atoms with E-state index < -0.39 is 17.3 Å². The quantitative estimate of drug-likeness (QED) is 0.280. The number of halogens is 1. The maximum absolute atomic E-state index is 10.6. The largest absolute Gasteiger partial charge is 0.460 e. The van der Waals surface area contributed by atoms with E-state index >= 15 is 0 Å². The van der Waals surface area contributed by atoms with E-state index in [1.165, 1.54) is 6.08 Å². The van der Waals surface area contributed by atoms with Crippen LogP contribution in [0.1, 0.15) is 0 Å². The van der Waals surface area contributed by atoms with Crippen molar-refractivity contribution in [3.63, 3.8) is 0 Å². The van der Waals surface area contributed by atoms with Crippen LogP contribution in [0.4, 0.5) is 0 Å². The highest BCUT2D eigenvalue weighted by Gasteiger charge is 2.20. The Morgan fingerprint density at radius 1 is 1.73 bits per heavy atom.